The van der Waals surface area contributed by atoms with E-state index in [1.165, 1.54) is 22.8 Å². The van der Waals surface area contributed by atoms with Crippen molar-refractivity contribution in [2.45, 2.75) is 18.4 Å². The van der Waals surface area contributed by atoms with E-state index in [-0.39, 0.29) is 28.4 Å². The second-order valence-corrected chi connectivity index (χ2v) is 8.83. The molecule has 0 N–H and O–H groups in total. The van der Waals surface area contributed by atoms with Crippen LogP contribution in [0.2, 0.25) is 0 Å². The van der Waals surface area contributed by atoms with Crippen LogP contribution >= 0.6 is 0 Å². The summed E-state index contributed by atoms with van der Waals surface area (Å²) in [5, 5.41) is 0. The molecule has 0 amide bonds. The number of rotatable bonds is 5. The molecule has 29 heavy (non-hydrogen) atoms. The zero-order valence-electron chi connectivity index (χ0n) is 16.1. The Morgan fingerprint density at radius 2 is 1.76 bits per heavy atom. The number of halogens is 2. The average molecular weight is 419 g/mol. The summed E-state index contributed by atoms with van der Waals surface area (Å²) in [6.07, 6.45) is 2.67. The van der Waals surface area contributed by atoms with Crippen molar-refractivity contribution in [3.8, 4) is 16.9 Å². The lowest BCUT2D eigenvalue weighted by Gasteiger charge is -2.13. The van der Waals surface area contributed by atoms with E-state index in [1.807, 2.05) is 0 Å². The first-order valence-electron chi connectivity index (χ1n) is 8.64. The fourth-order valence-electron chi connectivity index (χ4n) is 2.87. The molecule has 2 aromatic carbocycles. The minimum Gasteiger partial charge on any atom is -0.489 e. The van der Waals surface area contributed by atoms with Gasteiger partial charge in [0.2, 0.25) is 0 Å². The van der Waals surface area contributed by atoms with Crippen LogP contribution in [0.4, 0.5) is 8.78 Å². The van der Waals surface area contributed by atoms with Crippen LogP contribution < -0.4 is 10.3 Å². The lowest BCUT2D eigenvalue weighted by atomic mass is 10.1. The molecule has 0 saturated carbocycles. The molecule has 3 rings (SSSR count). The Hall–Kier alpha value is -3.00. The number of aromatic nitrogens is 1. The number of hydrogen-bond acceptors (Lipinski definition) is 4. The summed E-state index contributed by atoms with van der Waals surface area (Å²) in [6.45, 7) is 1.46. The van der Waals surface area contributed by atoms with Crippen molar-refractivity contribution < 1.29 is 21.9 Å². The summed E-state index contributed by atoms with van der Waals surface area (Å²) in [4.78, 5) is 12.0. The van der Waals surface area contributed by atoms with Crippen LogP contribution in [0.3, 0.4) is 0 Å². The average Bonchev–Trinajstić information content (AvgIpc) is 2.64. The standard InChI is InChI=1S/C21H19F2NO4S/c1-13-6-16(11-24(2)21(13)25)15-7-18(10-19(8-15)29(3,26)27)28-12-14-4-5-17(22)9-20(14)23/h4-11H,12H2,1-3H3. The minimum absolute atomic E-state index is 0.0242. The zero-order valence-corrected chi connectivity index (χ0v) is 16.9. The number of pyridine rings is 1. The van der Waals surface area contributed by atoms with Crippen LogP contribution in [-0.4, -0.2) is 19.2 Å². The van der Waals surface area contributed by atoms with Gasteiger partial charge >= 0.3 is 0 Å². The highest BCUT2D eigenvalue weighted by Gasteiger charge is 2.14. The molecule has 5 nitrogen and oxygen atoms in total. The first kappa shape index (κ1) is 20.7. The predicted octanol–water partition coefficient (Wildman–Crippen LogP) is 3.62. The Kier molecular flexibility index (Phi) is 5.57. The molecule has 0 bridgehead atoms. The van der Waals surface area contributed by atoms with Gasteiger partial charge in [-0.25, -0.2) is 17.2 Å². The van der Waals surface area contributed by atoms with Gasteiger partial charge in [-0.1, -0.05) is 0 Å². The molecule has 1 heterocycles. The Morgan fingerprint density at radius 3 is 2.38 bits per heavy atom. The molecular formula is C21H19F2NO4S. The smallest absolute Gasteiger partial charge is 0.253 e. The highest BCUT2D eigenvalue weighted by Crippen LogP contribution is 2.29. The van der Waals surface area contributed by atoms with Gasteiger partial charge < -0.3 is 9.30 Å². The fourth-order valence-corrected chi connectivity index (χ4v) is 3.54. The van der Waals surface area contributed by atoms with Gasteiger partial charge in [0.15, 0.2) is 9.84 Å². The number of hydrogen-bond donors (Lipinski definition) is 0. The van der Waals surface area contributed by atoms with Gasteiger partial charge in [-0.3, -0.25) is 4.79 Å². The molecule has 0 fully saturated rings. The predicted molar refractivity (Wildman–Crippen MR) is 106 cm³/mol. The maximum atomic E-state index is 13.8. The first-order valence-corrected chi connectivity index (χ1v) is 10.5. The van der Waals surface area contributed by atoms with Crippen LogP contribution in [0.5, 0.6) is 5.75 Å². The van der Waals surface area contributed by atoms with E-state index in [2.05, 4.69) is 0 Å². The van der Waals surface area contributed by atoms with Crippen LogP contribution in [0.1, 0.15) is 11.1 Å². The molecule has 0 aliphatic heterocycles. The van der Waals surface area contributed by atoms with Crippen molar-refractivity contribution in [1.82, 2.24) is 4.57 Å². The van der Waals surface area contributed by atoms with Crippen LogP contribution in [0.25, 0.3) is 11.1 Å². The third-order valence-electron chi connectivity index (χ3n) is 4.41. The van der Waals surface area contributed by atoms with E-state index in [1.54, 1.807) is 32.3 Å². The third kappa shape index (κ3) is 4.71. The number of nitrogens with zero attached hydrogens (tertiary/aromatic N) is 1. The van der Waals surface area contributed by atoms with Gasteiger partial charge in [-0.05, 0) is 54.4 Å². The topological polar surface area (TPSA) is 65.4 Å². The van der Waals surface area contributed by atoms with Crippen molar-refractivity contribution in [1.29, 1.82) is 0 Å². The largest absolute Gasteiger partial charge is 0.489 e. The van der Waals surface area contributed by atoms with Crippen LogP contribution in [0.15, 0.2) is 58.4 Å². The molecular weight excluding hydrogens is 400 g/mol. The Morgan fingerprint density at radius 1 is 1.03 bits per heavy atom. The lowest BCUT2D eigenvalue weighted by molar-refractivity contribution is 0.299. The molecule has 3 aromatic rings. The van der Waals surface area contributed by atoms with E-state index < -0.39 is 21.5 Å². The maximum absolute atomic E-state index is 13.8. The van der Waals surface area contributed by atoms with Gasteiger partial charge in [0.1, 0.15) is 24.0 Å². The second kappa shape index (κ2) is 7.79. The van der Waals surface area contributed by atoms with E-state index in [9.17, 15) is 22.0 Å². The van der Waals surface area contributed by atoms with Crippen molar-refractivity contribution in [3.63, 3.8) is 0 Å². The summed E-state index contributed by atoms with van der Waals surface area (Å²) in [5.74, 6) is -1.24. The zero-order chi connectivity index (χ0) is 21.3. The molecule has 1 aromatic heterocycles. The third-order valence-corrected chi connectivity index (χ3v) is 5.51. The Labute approximate surface area is 167 Å². The highest BCUT2D eigenvalue weighted by atomic mass is 32.2. The quantitative estimate of drug-likeness (QED) is 0.634. The number of ether oxygens (including phenoxy) is 1. The molecule has 0 radical (unpaired) electrons. The van der Waals surface area contributed by atoms with Crippen molar-refractivity contribution in [2.24, 2.45) is 7.05 Å². The summed E-state index contributed by atoms with van der Waals surface area (Å²) in [5.41, 5.74) is 1.65. The number of sulfone groups is 1. The van der Waals surface area contributed by atoms with E-state index in [4.69, 9.17) is 4.74 Å². The van der Waals surface area contributed by atoms with Crippen LogP contribution in [-0.2, 0) is 23.5 Å². The summed E-state index contributed by atoms with van der Waals surface area (Å²) in [7, 11) is -1.95. The number of benzene rings is 2. The molecule has 0 atom stereocenters. The van der Waals surface area contributed by atoms with Gasteiger partial charge in [0.25, 0.3) is 5.56 Å². The molecule has 0 spiro atoms. The summed E-state index contributed by atoms with van der Waals surface area (Å²) < 4.78 is 58.1. The van der Waals surface area contributed by atoms with E-state index in [0.29, 0.717) is 16.7 Å². The van der Waals surface area contributed by atoms with Crippen molar-refractivity contribution in [3.05, 3.63) is 81.8 Å². The van der Waals surface area contributed by atoms with Crippen LogP contribution in [0, 0.1) is 18.6 Å². The fraction of sp³-hybridized carbons (Fsp3) is 0.190. The highest BCUT2D eigenvalue weighted by molar-refractivity contribution is 7.90. The normalized spacial score (nSPS) is 11.5. The maximum Gasteiger partial charge on any atom is 0.253 e. The van der Waals surface area contributed by atoms with Gasteiger partial charge in [0.05, 0.1) is 4.90 Å². The second-order valence-electron chi connectivity index (χ2n) is 6.82. The molecule has 0 aliphatic carbocycles. The van der Waals surface area contributed by atoms with Gasteiger partial charge in [-0.2, -0.15) is 0 Å². The van der Waals surface area contributed by atoms with E-state index in [0.717, 1.165) is 18.4 Å². The minimum atomic E-state index is -3.55. The molecule has 0 aliphatic rings. The van der Waals surface area contributed by atoms with Crippen molar-refractivity contribution in [2.75, 3.05) is 6.26 Å². The molecule has 8 heteroatoms. The Balaban J connectivity index is 2.03. The SMILES string of the molecule is Cc1cc(-c2cc(OCc3ccc(F)cc3F)cc(S(C)(=O)=O)c2)cn(C)c1=O. The van der Waals surface area contributed by atoms with Gasteiger partial charge in [-0.15, -0.1) is 0 Å². The summed E-state index contributed by atoms with van der Waals surface area (Å²) >= 11 is 0. The van der Waals surface area contributed by atoms with Gasteiger partial charge in [0, 0.05) is 36.7 Å². The first-order chi connectivity index (χ1) is 13.5. The molecule has 0 unspecified atom stereocenters. The lowest BCUT2D eigenvalue weighted by Crippen LogP contribution is -2.18. The van der Waals surface area contributed by atoms with Crippen molar-refractivity contribution >= 4 is 9.84 Å². The molecule has 152 valence electrons. The number of aryl methyl sites for hydroxylation is 2. The molecule has 0 saturated heterocycles. The monoisotopic (exact) mass is 419 g/mol. The Bertz CT molecular complexity index is 1220. The summed E-state index contributed by atoms with van der Waals surface area (Å²) in [6, 6.07) is 9.23. The van der Waals surface area contributed by atoms with E-state index >= 15 is 0 Å².